The number of carbonyl (C=O) groups excluding carboxylic acids is 3. The number of hydrogen-bond donors (Lipinski definition) is 1. The second kappa shape index (κ2) is 8.75. The quantitative estimate of drug-likeness (QED) is 0.607. The van der Waals surface area contributed by atoms with Gasteiger partial charge in [0.25, 0.3) is 5.91 Å². The van der Waals surface area contributed by atoms with Crippen molar-refractivity contribution in [2.24, 2.45) is 0 Å². The summed E-state index contributed by atoms with van der Waals surface area (Å²) >= 11 is 0. The van der Waals surface area contributed by atoms with E-state index in [9.17, 15) is 18.8 Å². The Morgan fingerprint density at radius 1 is 1.08 bits per heavy atom. The highest BCUT2D eigenvalue weighted by atomic mass is 19.1. The molecule has 0 aliphatic rings. The second-order valence-electron chi connectivity index (χ2n) is 5.47. The predicted octanol–water partition coefficient (Wildman–Crippen LogP) is 2.98. The van der Waals surface area contributed by atoms with Gasteiger partial charge in [0, 0.05) is 5.56 Å². The summed E-state index contributed by atoms with van der Waals surface area (Å²) in [5.74, 6) is -1.64. The minimum absolute atomic E-state index is 0.196. The van der Waals surface area contributed by atoms with Crippen molar-refractivity contribution in [2.45, 2.75) is 20.0 Å². The van der Waals surface area contributed by atoms with Crippen molar-refractivity contribution in [2.75, 3.05) is 11.9 Å². The van der Waals surface area contributed by atoms with Gasteiger partial charge in [-0.3, -0.25) is 9.59 Å². The molecule has 7 heteroatoms. The zero-order valence-electron chi connectivity index (χ0n) is 14.3. The standard InChI is InChI=1S/C19H18FNO5/c1-12(22)16-5-3-4-6-17(16)21-19(24)13(2)26-18(23)11-25-15-9-7-14(20)8-10-15/h3-10,13H,11H2,1-2H3,(H,21,24)/t13-/m1/s1. The van der Waals surface area contributed by atoms with Gasteiger partial charge in [-0.15, -0.1) is 0 Å². The van der Waals surface area contributed by atoms with E-state index >= 15 is 0 Å². The van der Waals surface area contributed by atoms with E-state index in [0.29, 0.717) is 17.0 Å². The number of ether oxygens (including phenoxy) is 2. The minimum atomic E-state index is -1.08. The number of Topliss-reactive ketones (excluding diaryl/α,β-unsaturated/α-hetero) is 1. The van der Waals surface area contributed by atoms with E-state index in [4.69, 9.17) is 9.47 Å². The highest BCUT2D eigenvalue weighted by molar-refractivity contribution is 6.04. The highest BCUT2D eigenvalue weighted by Crippen LogP contribution is 2.16. The van der Waals surface area contributed by atoms with Crippen molar-refractivity contribution in [1.29, 1.82) is 0 Å². The maximum atomic E-state index is 12.8. The third kappa shape index (κ3) is 5.41. The third-order valence-corrected chi connectivity index (χ3v) is 3.41. The fraction of sp³-hybridized carbons (Fsp3) is 0.211. The number of anilines is 1. The molecule has 26 heavy (non-hydrogen) atoms. The van der Waals surface area contributed by atoms with Gasteiger partial charge < -0.3 is 14.8 Å². The first-order valence-corrected chi connectivity index (χ1v) is 7.85. The first-order chi connectivity index (χ1) is 12.4. The number of carbonyl (C=O) groups is 3. The van der Waals surface area contributed by atoms with Crippen LogP contribution in [0.1, 0.15) is 24.2 Å². The monoisotopic (exact) mass is 359 g/mol. The average molecular weight is 359 g/mol. The molecule has 0 spiro atoms. The van der Waals surface area contributed by atoms with Gasteiger partial charge in [-0.1, -0.05) is 12.1 Å². The summed E-state index contributed by atoms with van der Waals surface area (Å²) < 4.78 is 22.9. The van der Waals surface area contributed by atoms with Crippen LogP contribution in [0.25, 0.3) is 0 Å². The molecule has 0 fully saturated rings. The molecule has 0 aliphatic carbocycles. The Balaban J connectivity index is 1.87. The molecule has 2 aromatic rings. The van der Waals surface area contributed by atoms with Crippen molar-refractivity contribution >= 4 is 23.3 Å². The fourth-order valence-corrected chi connectivity index (χ4v) is 2.09. The van der Waals surface area contributed by atoms with E-state index in [1.54, 1.807) is 24.3 Å². The molecule has 136 valence electrons. The fourth-order valence-electron chi connectivity index (χ4n) is 2.09. The Labute approximate surface area is 149 Å². The molecule has 0 aromatic heterocycles. The molecule has 0 bridgehead atoms. The lowest BCUT2D eigenvalue weighted by Gasteiger charge is -2.15. The van der Waals surface area contributed by atoms with Crippen LogP contribution in [-0.2, 0) is 14.3 Å². The van der Waals surface area contributed by atoms with E-state index < -0.39 is 30.4 Å². The van der Waals surface area contributed by atoms with E-state index in [-0.39, 0.29) is 5.78 Å². The largest absolute Gasteiger partial charge is 0.482 e. The van der Waals surface area contributed by atoms with Crippen molar-refractivity contribution in [1.82, 2.24) is 0 Å². The molecule has 0 saturated carbocycles. The third-order valence-electron chi connectivity index (χ3n) is 3.41. The molecule has 0 radical (unpaired) electrons. The summed E-state index contributed by atoms with van der Waals surface area (Å²) in [5, 5.41) is 2.56. The van der Waals surface area contributed by atoms with Crippen LogP contribution >= 0.6 is 0 Å². The summed E-state index contributed by atoms with van der Waals surface area (Å²) in [6.45, 7) is 2.37. The molecule has 1 atom stereocenters. The van der Waals surface area contributed by atoms with E-state index in [0.717, 1.165) is 0 Å². The maximum Gasteiger partial charge on any atom is 0.344 e. The molecule has 0 saturated heterocycles. The molecular formula is C19H18FNO5. The minimum Gasteiger partial charge on any atom is -0.482 e. The molecule has 1 amide bonds. The van der Waals surface area contributed by atoms with Gasteiger partial charge in [-0.25, -0.2) is 9.18 Å². The number of hydrogen-bond acceptors (Lipinski definition) is 5. The van der Waals surface area contributed by atoms with Crippen LogP contribution < -0.4 is 10.1 Å². The molecule has 2 aromatic carbocycles. The first kappa shape index (κ1) is 19.1. The van der Waals surface area contributed by atoms with E-state index in [2.05, 4.69) is 5.32 Å². The van der Waals surface area contributed by atoms with Crippen LogP contribution in [0.4, 0.5) is 10.1 Å². The Kier molecular flexibility index (Phi) is 6.43. The zero-order chi connectivity index (χ0) is 19.1. The molecule has 6 nitrogen and oxygen atoms in total. The van der Waals surface area contributed by atoms with Gasteiger partial charge in [0.15, 0.2) is 18.5 Å². The normalized spacial score (nSPS) is 11.3. The molecular weight excluding hydrogens is 341 g/mol. The Morgan fingerprint density at radius 2 is 1.73 bits per heavy atom. The topological polar surface area (TPSA) is 81.7 Å². The Morgan fingerprint density at radius 3 is 2.38 bits per heavy atom. The summed E-state index contributed by atoms with van der Waals surface area (Å²) in [5.41, 5.74) is 0.703. The van der Waals surface area contributed by atoms with Gasteiger partial charge >= 0.3 is 5.97 Å². The van der Waals surface area contributed by atoms with Crippen LogP contribution in [0.2, 0.25) is 0 Å². The van der Waals surface area contributed by atoms with Gasteiger partial charge in [0.05, 0.1) is 5.69 Å². The predicted molar refractivity (Wildman–Crippen MR) is 92.5 cm³/mol. The molecule has 0 heterocycles. The number of amides is 1. The Bertz CT molecular complexity index is 804. The number of ketones is 1. The van der Waals surface area contributed by atoms with E-state index in [1.165, 1.54) is 38.1 Å². The first-order valence-electron chi connectivity index (χ1n) is 7.85. The van der Waals surface area contributed by atoms with Crippen molar-refractivity contribution in [3.8, 4) is 5.75 Å². The lowest BCUT2D eigenvalue weighted by Crippen LogP contribution is -2.32. The van der Waals surface area contributed by atoms with Gasteiger partial charge in [0.2, 0.25) is 0 Å². The number of nitrogens with one attached hydrogen (secondary N) is 1. The molecule has 0 aliphatic heterocycles. The average Bonchev–Trinajstić information content (AvgIpc) is 2.61. The smallest absolute Gasteiger partial charge is 0.344 e. The number of para-hydroxylation sites is 1. The van der Waals surface area contributed by atoms with Gasteiger partial charge in [-0.05, 0) is 50.2 Å². The molecule has 1 N–H and O–H groups in total. The van der Waals surface area contributed by atoms with Crippen molar-refractivity contribution in [3.63, 3.8) is 0 Å². The Hall–Kier alpha value is -3.22. The molecule has 0 unspecified atom stereocenters. The number of benzene rings is 2. The van der Waals surface area contributed by atoms with Crippen LogP contribution in [0.5, 0.6) is 5.75 Å². The van der Waals surface area contributed by atoms with Crippen LogP contribution in [0.15, 0.2) is 48.5 Å². The lowest BCUT2D eigenvalue weighted by molar-refractivity contribution is -0.155. The summed E-state index contributed by atoms with van der Waals surface area (Å²) in [4.78, 5) is 35.5. The van der Waals surface area contributed by atoms with Crippen LogP contribution in [0.3, 0.4) is 0 Å². The summed E-state index contributed by atoms with van der Waals surface area (Å²) in [6, 6.07) is 11.7. The second-order valence-corrected chi connectivity index (χ2v) is 5.47. The van der Waals surface area contributed by atoms with Gasteiger partial charge in [-0.2, -0.15) is 0 Å². The lowest BCUT2D eigenvalue weighted by atomic mass is 10.1. The number of halogens is 1. The van der Waals surface area contributed by atoms with Crippen LogP contribution in [-0.4, -0.2) is 30.4 Å². The maximum absolute atomic E-state index is 12.8. The van der Waals surface area contributed by atoms with Crippen LogP contribution in [0, 0.1) is 5.82 Å². The highest BCUT2D eigenvalue weighted by Gasteiger charge is 2.19. The number of rotatable bonds is 7. The summed E-state index contributed by atoms with van der Waals surface area (Å²) in [7, 11) is 0. The van der Waals surface area contributed by atoms with E-state index in [1.807, 2.05) is 0 Å². The SMILES string of the molecule is CC(=O)c1ccccc1NC(=O)[C@@H](C)OC(=O)COc1ccc(F)cc1. The zero-order valence-corrected chi connectivity index (χ0v) is 14.3. The van der Waals surface area contributed by atoms with Gasteiger partial charge in [0.1, 0.15) is 11.6 Å². The van der Waals surface area contributed by atoms with Crippen molar-refractivity contribution < 1.29 is 28.2 Å². The van der Waals surface area contributed by atoms with Crippen molar-refractivity contribution in [3.05, 3.63) is 59.9 Å². The molecule has 2 rings (SSSR count). The number of esters is 1. The summed E-state index contributed by atoms with van der Waals surface area (Å²) in [6.07, 6.45) is -1.08.